The zero-order chi connectivity index (χ0) is 29.6. The summed E-state index contributed by atoms with van der Waals surface area (Å²) in [5.74, 6) is -1.14. The van der Waals surface area contributed by atoms with Crippen molar-refractivity contribution in [3.05, 3.63) is 41.0 Å². The monoisotopic (exact) mass is 593 g/mol. The van der Waals surface area contributed by atoms with E-state index in [4.69, 9.17) is 13.9 Å². The van der Waals surface area contributed by atoms with E-state index in [2.05, 4.69) is 24.3 Å². The van der Waals surface area contributed by atoms with E-state index < -0.39 is 36.9 Å². The second-order valence-electron chi connectivity index (χ2n) is 14.7. The number of fused-ring (bicyclic) bond motifs is 4. The standard InChI is InChI=1S/C32H46F3NO4Si/c1-28-19-24(21-7-9-22(10-8-21)36(2)3)27-23(25(28)13-16-31(28,32(33,34)35)40-41(4,5)6)11-14-29(37)20-30(15-12-26(27)29)38-17-18-39-30/h7-10,23-25,37H,11-20H2,1-6H3/t23-,24+,25-,28-,29?,31-/m0/s1. The first-order valence-corrected chi connectivity index (χ1v) is 18.7. The molecule has 6 rings (SSSR count). The fourth-order valence-corrected chi connectivity index (χ4v) is 11.0. The van der Waals surface area contributed by atoms with Crippen LogP contribution in [0.3, 0.4) is 0 Å². The number of ether oxygens (including phenoxy) is 2. The van der Waals surface area contributed by atoms with E-state index in [1.807, 2.05) is 45.6 Å². The Morgan fingerprint density at radius 3 is 2.24 bits per heavy atom. The Bertz CT molecular complexity index is 1200. The van der Waals surface area contributed by atoms with Gasteiger partial charge in [-0.1, -0.05) is 24.6 Å². The molecule has 5 nitrogen and oxygen atoms in total. The average Bonchev–Trinajstić information content (AvgIpc) is 3.44. The van der Waals surface area contributed by atoms with Gasteiger partial charge in [0.05, 0.1) is 18.8 Å². The van der Waals surface area contributed by atoms with Crippen molar-refractivity contribution in [2.24, 2.45) is 17.3 Å². The van der Waals surface area contributed by atoms with Crippen LogP contribution in [0.2, 0.25) is 19.6 Å². The van der Waals surface area contributed by atoms with Crippen LogP contribution in [0.25, 0.3) is 0 Å². The summed E-state index contributed by atoms with van der Waals surface area (Å²) in [5, 5.41) is 12.2. The molecule has 0 aromatic heterocycles. The molecule has 3 saturated carbocycles. The van der Waals surface area contributed by atoms with Gasteiger partial charge in [-0.05, 0) is 93.3 Å². The first kappa shape index (κ1) is 29.7. The number of hydrogen-bond acceptors (Lipinski definition) is 5. The molecule has 4 fully saturated rings. The van der Waals surface area contributed by atoms with Gasteiger partial charge in [0, 0.05) is 44.0 Å². The molecule has 9 heteroatoms. The number of alkyl halides is 3. The fourth-order valence-electron chi connectivity index (χ4n) is 9.52. The van der Waals surface area contributed by atoms with E-state index in [0.717, 1.165) is 16.8 Å². The quantitative estimate of drug-likeness (QED) is 0.296. The Morgan fingerprint density at radius 1 is 1.00 bits per heavy atom. The van der Waals surface area contributed by atoms with Gasteiger partial charge >= 0.3 is 6.18 Å². The van der Waals surface area contributed by atoms with E-state index >= 15 is 13.2 Å². The Morgan fingerprint density at radius 2 is 1.66 bits per heavy atom. The minimum atomic E-state index is -4.47. The Hall–Kier alpha value is -1.39. The second-order valence-corrected chi connectivity index (χ2v) is 19.2. The van der Waals surface area contributed by atoms with Gasteiger partial charge in [-0.25, -0.2) is 0 Å². The summed E-state index contributed by atoms with van der Waals surface area (Å²) in [6, 6.07) is 8.27. The van der Waals surface area contributed by atoms with Crippen LogP contribution in [0, 0.1) is 17.3 Å². The number of benzene rings is 1. The lowest BCUT2D eigenvalue weighted by Crippen LogP contribution is -2.63. The molecule has 5 aliphatic rings. The average molecular weight is 594 g/mol. The van der Waals surface area contributed by atoms with Crippen molar-refractivity contribution in [3.8, 4) is 0 Å². The highest BCUT2D eigenvalue weighted by Crippen LogP contribution is 2.71. The molecule has 6 atom stereocenters. The molecular formula is C32H46F3NO4Si. The Kier molecular flexibility index (Phi) is 6.91. The fraction of sp³-hybridized carbons (Fsp3) is 0.750. The summed E-state index contributed by atoms with van der Waals surface area (Å²) < 4.78 is 64.5. The predicted molar refractivity (Wildman–Crippen MR) is 155 cm³/mol. The third-order valence-electron chi connectivity index (χ3n) is 11.1. The van der Waals surface area contributed by atoms with Gasteiger partial charge in [0.1, 0.15) is 0 Å². The third-order valence-corrected chi connectivity index (χ3v) is 12.1. The van der Waals surface area contributed by atoms with Crippen molar-refractivity contribution in [1.82, 2.24) is 0 Å². The molecule has 1 aliphatic heterocycles. The molecule has 0 amide bonds. The molecular weight excluding hydrogens is 547 g/mol. The van der Waals surface area contributed by atoms with E-state index in [9.17, 15) is 5.11 Å². The Labute approximate surface area is 243 Å². The SMILES string of the molecule is CN(C)c1ccc([C@H]2C[C@@]3(C)[C@@H](CC[C@@]3(O[Si](C)(C)C)C(F)(F)F)[C@@H]3CCC4(O)CC5(CCC4=C32)OCCO5)cc1. The molecule has 1 aromatic carbocycles. The minimum Gasteiger partial charge on any atom is -0.403 e. The van der Waals surface area contributed by atoms with Crippen molar-refractivity contribution in [2.45, 2.75) is 107 Å². The molecule has 1 spiro atoms. The smallest absolute Gasteiger partial charge is 0.403 e. The molecule has 4 aliphatic carbocycles. The molecule has 1 N–H and O–H groups in total. The van der Waals surface area contributed by atoms with Gasteiger partial charge in [-0.15, -0.1) is 0 Å². The lowest BCUT2D eigenvalue weighted by molar-refractivity contribution is -0.291. The lowest BCUT2D eigenvalue weighted by Gasteiger charge is -2.59. The van der Waals surface area contributed by atoms with Crippen LogP contribution in [0.4, 0.5) is 18.9 Å². The van der Waals surface area contributed by atoms with Crippen molar-refractivity contribution in [1.29, 1.82) is 0 Å². The summed E-state index contributed by atoms with van der Waals surface area (Å²) in [6.07, 6.45) is -0.724. The van der Waals surface area contributed by atoms with Crippen molar-refractivity contribution >= 4 is 14.0 Å². The summed E-state index contributed by atoms with van der Waals surface area (Å²) in [4.78, 5) is 2.03. The zero-order valence-corrected chi connectivity index (χ0v) is 26.4. The number of rotatable bonds is 4. The number of nitrogens with zero attached hydrogens (tertiary/aromatic N) is 1. The van der Waals surface area contributed by atoms with Gasteiger partial charge in [0.2, 0.25) is 0 Å². The molecule has 228 valence electrons. The van der Waals surface area contributed by atoms with Crippen LogP contribution in [-0.2, 0) is 13.9 Å². The maximum atomic E-state index is 15.4. The summed E-state index contributed by atoms with van der Waals surface area (Å²) in [5.41, 5.74) is 0.00770. The number of hydrogen-bond donors (Lipinski definition) is 1. The number of halogens is 3. The Balaban J connectivity index is 1.50. The zero-order valence-electron chi connectivity index (χ0n) is 25.4. The number of aliphatic hydroxyl groups is 1. The molecule has 1 saturated heterocycles. The van der Waals surface area contributed by atoms with Gasteiger partial charge in [0.25, 0.3) is 0 Å². The van der Waals surface area contributed by atoms with Crippen LogP contribution >= 0.6 is 0 Å². The molecule has 0 radical (unpaired) electrons. The van der Waals surface area contributed by atoms with Crippen molar-refractivity contribution in [2.75, 3.05) is 32.2 Å². The normalized spacial score (nSPS) is 38.5. The minimum absolute atomic E-state index is 0.00238. The molecule has 1 heterocycles. The number of allylic oxidation sites excluding steroid dienone is 1. The molecule has 0 bridgehead atoms. The van der Waals surface area contributed by atoms with Gasteiger partial charge in [0.15, 0.2) is 19.7 Å². The topological polar surface area (TPSA) is 51.2 Å². The van der Waals surface area contributed by atoms with Crippen molar-refractivity contribution in [3.63, 3.8) is 0 Å². The van der Waals surface area contributed by atoms with Gasteiger partial charge in [-0.3, -0.25) is 0 Å². The molecule has 1 unspecified atom stereocenters. The highest BCUT2D eigenvalue weighted by atomic mass is 28.4. The van der Waals surface area contributed by atoms with E-state index in [1.165, 1.54) is 5.57 Å². The summed E-state index contributed by atoms with van der Waals surface area (Å²) in [6.45, 7) is 8.55. The largest absolute Gasteiger partial charge is 0.416 e. The van der Waals surface area contributed by atoms with Crippen LogP contribution < -0.4 is 4.90 Å². The third kappa shape index (κ3) is 4.55. The predicted octanol–water partition coefficient (Wildman–Crippen LogP) is 7.17. The van der Waals surface area contributed by atoms with E-state index in [-0.39, 0.29) is 24.2 Å². The van der Waals surface area contributed by atoms with Crippen LogP contribution in [-0.4, -0.2) is 63.9 Å². The first-order valence-electron chi connectivity index (χ1n) is 15.3. The molecule has 41 heavy (non-hydrogen) atoms. The number of anilines is 1. The summed E-state index contributed by atoms with van der Waals surface area (Å²) in [7, 11) is 1.41. The highest BCUT2D eigenvalue weighted by molar-refractivity contribution is 6.69. The molecule has 1 aromatic rings. The van der Waals surface area contributed by atoms with E-state index in [0.29, 0.717) is 58.2 Å². The van der Waals surface area contributed by atoms with E-state index in [1.54, 1.807) is 0 Å². The van der Waals surface area contributed by atoms with Crippen LogP contribution in [0.5, 0.6) is 0 Å². The second kappa shape index (κ2) is 9.55. The van der Waals surface area contributed by atoms with Crippen LogP contribution in [0.15, 0.2) is 35.4 Å². The van der Waals surface area contributed by atoms with Crippen LogP contribution in [0.1, 0.15) is 69.8 Å². The lowest BCUT2D eigenvalue weighted by atomic mass is 9.49. The van der Waals surface area contributed by atoms with Crippen molar-refractivity contribution < 1.29 is 32.2 Å². The maximum Gasteiger partial charge on any atom is 0.416 e. The van der Waals surface area contributed by atoms with Gasteiger partial charge < -0.3 is 23.9 Å². The van der Waals surface area contributed by atoms with Gasteiger partial charge in [-0.2, -0.15) is 13.2 Å². The maximum absolute atomic E-state index is 15.4. The summed E-state index contributed by atoms with van der Waals surface area (Å²) >= 11 is 0. The highest BCUT2D eigenvalue weighted by Gasteiger charge is 2.74. The first-order chi connectivity index (χ1) is 19.0.